The Hall–Kier alpha value is -4.05. The highest BCUT2D eigenvalue weighted by molar-refractivity contribution is 6.07. The lowest BCUT2D eigenvalue weighted by molar-refractivity contribution is -0.136. The third-order valence-electron chi connectivity index (χ3n) is 5.50. The van der Waals surface area contributed by atoms with Crippen molar-refractivity contribution in [3.63, 3.8) is 0 Å². The number of imide groups is 1. The van der Waals surface area contributed by atoms with E-state index in [1.807, 2.05) is 38.1 Å². The summed E-state index contributed by atoms with van der Waals surface area (Å²) < 4.78 is 5.58. The van der Waals surface area contributed by atoms with Crippen molar-refractivity contribution >= 4 is 29.9 Å². The van der Waals surface area contributed by atoms with Crippen LogP contribution < -0.4 is 21.1 Å². The van der Waals surface area contributed by atoms with Gasteiger partial charge in [-0.25, -0.2) is 0 Å². The van der Waals surface area contributed by atoms with Gasteiger partial charge in [0.15, 0.2) is 12.9 Å². The van der Waals surface area contributed by atoms with Crippen molar-refractivity contribution in [1.29, 1.82) is 0 Å². The first-order valence-corrected chi connectivity index (χ1v) is 13.1. The van der Waals surface area contributed by atoms with Gasteiger partial charge >= 0.3 is 0 Å². The Morgan fingerprint density at radius 1 is 1.10 bits per heavy atom. The monoisotopic (exact) mass is 540 g/mol. The number of nitrogens with one attached hydrogen (secondary N) is 2. The molecular formula is C29H40N4O6. The summed E-state index contributed by atoms with van der Waals surface area (Å²) in [4.78, 5) is 61.8. The molecule has 0 bridgehead atoms. The number of rotatable bonds is 9. The van der Waals surface area contributed by atoms with Crippen molar-refractivity contribution in [1.82, 2.24) is 15.5 Å². The van der Waals surface area contributed by atoms with E-state index in [1.54, 1.807) is 0 Å². The third kappa shape index (κ3) is 9.97. The molecule has 1 aliphatic rings. The van der Waals surface area contributed by atoms with Gasteiger partial charge in [0, 0.05) is 32.1 Å². The highest BCUT2D eigenvalue weighted by Crippen LogP contribution is 2.25. The van der Waals surface area contributed by atoms with Gasteiger partial charge in [0.2, 0.25) is 11.8 Å². The van der Waals surface area contributed by atoms with Gasteiger partial charge in [-0.2, -0.15) is 0 Å². The van der Waals surface area contributed by atoms with E-state index in [4.69, 9.17) is 10.5 Å². The summed E-state index contributed by atoms with van der Waals surface area (Å²) in [6.45, 7) is 8.58. The van der Waals surface area contributed by atoms with Gasteiger partial charge in [0.05, 0.1) is 5.56 Å². The van der Waals surface area contributed by atoms with Crippen LogP contribution >= 0.6 is 0 Å². The van der Waals surface area contributed by atoms with E-state index >= 15 is 0 Å². The topological polar surface area (TPSA) is 148 Å². The Morgan fingerprint density at radius 2 is 1.72 bits per heavy atom. The molecular weight excluding hydrogens is 500 g/mol. The number of amides is 4. The highest BCUT2D eigenvalue weighted by atomic mass is 16.5. The fourth-order valence-corrected chi connectivity index (χ4v) is 3.55. The molecule has 39 heavy (non-hydrogen) atoms. The number of ether oxygens (including phenoxy) is 1. The standard InChI is InChI=1S/C24H26N4O6.C3H8.C2H6/c1-28(18-9-10-20(30)27-23(18)32)24(33)22-17(13-29)3-2-4-19(22)34-14-21(31)26-12-16-7-5-15(11-25)6-8-16;1-3-2;1-2/h2-8,13,18H,9-12,14,25H2,1H3,(H,26,31)(H,27,30,32);3H2,1-2H3;1-2H3. The van der Waals surface area contributed by atoms with Crippen molar-refractivity contribution in [2.24, 2.45) is 5.73 Å². The molecule has 1 atom stereocenters. The number of hydrogen-bond acceptors (Lipinski definition) is 7. The van der Waals surface area contributed by atoms with Crippen molar-refractivity contribution in [3.8, 4) is 5.75 Å². The van der Waals surface area contributed by atoms with Gasteiger partial charge in [-0.05, 0) is 23.6 Å². The minimum Gasteiger partial charge on any atom is -0.483 e. The molecule has 0 saturated carbocycles. The number of benzene rings is 2. The summed E-state index contributed by atoms with van der Waals surface area (Å²) in [5, 5.41) is 4.93. The van der Waals surface area contributed by atoms with Crippen LogP contribution in [0.2, 0.25) is 0 Å². The van der Waals surface area contributed by atoms with Crippen LogP contribution in [-0.2, 0) is 27.5 Å². The van der Waals surface area contributed by atoms with Gasteiger partial charge in [-0.1, -0.05) is 70.5 Å². The molecule has 4 N–H and O–H groups in total. The lowest BCUT2D eigenvalue weighted by Gasteiger charge is -2.30. The molecule has 3 rings (SSSR count). The van der Waals surface area contributed by atoms with E-state index < -0.39 is 29.7 Å². The first-order valence-electron chi connectivity index (χ1n) is 13.1. The zero-order valence-electron chi connectivity index (χ0n) is 23.4. The second kappa shape index (κ2) is 17.5. The first kappa shape index (κ1) is 33.0. The van der Waals surface area contributed by atoms with Crippen LogP contribution in [0.5, 0.6) is 5.75 Å². The summed E-state index contributed by atoms with van der Waals surface area (Å²) in [6, 6.07) is 11.0. The molecule has 0 spiro atoms. The van der Waals surface area contributed by atoms with Gasteiger partial charge in [-0.15, -0.1) is 0 Å². The zero-order valence-corrected chi connectivity index (χ0v) is 23.4. The van der Waals surface area contributed by atoms with Crippen LogP contribution in [0.15, 0.2) is 42.5 Å². The molecule has 2 aromatic carbocycles. The number of likely N-dealkylation sites (N-methyl/N-ethyl adjacent to an activating group) is 1. The number of nitrogens with two attached hydrogens (primary N) is 1. The van der Waals surface area contributed by atoms with Crippen LogP contribution in [0.3, 0.4) is 0 Å². The Bertz CT molecular complexity index is 1120. The Labute approximate surface area is 230 Å². The summed E-state index contributed by atoms with van der Waals surface area (Å²) in [6.07, 6.45) is 2.02. The maximum absolute atomic E-state index is 13.2. The zero-order chi connectivity index (χ0) is 29.4. The summed E-state index contributed by atoms with van der Waals surface area (Å²) in [5.74, 6) is -2.00. The number of aldehydes is 1. The maximum atomic E-state index is 13.2. The second-order valence-corrected chi connectivity index (χ2v) is 8.51. The van der Waals surface area contributed by atoms with Gasteiger partial charge in [-0.3, -0.25) is 29.3 Å². The molecule has 212 valence electrons. The summed E-state index contributed by atoms with van der Waals surface area (Å²) in [5.41, 5.74) is 7.44. The Balaban J connectivity index is 0.00000142. The smallest absolute Gasteiger partial charge is 0.258 e. The molecule has 1 fully saturated rings. The second-order valence-electron chi connectivity index (χ2n) is 8.51. The number of nitrogens with zero attached hydrogens (tertiary/aromatic N) is 1. The largest absolute Gasteiger partial charge is 0.483 e. The third-order valence-corrected chi connectivity index (χ3v) is 5.50. The van der Waals surface area contributed by atoms with E-state index in [0.717, 1.165) is 11.1 Å². The SMILES string of the molecule is CC.CCC.CN(C(=O)c1c(C=O)cccc1OCC(=O)NCc1ccc(CN)cc1)C1CCC(=O)NC1=O. The molecule has 10 nitrogen and oxygen atoms in total. The van der Waals surface area contributed by atoms with Crippen LogP contribution in [0.4, 0.5) is 0 Å². The maximum Gasteiger partial charge on any atom is 0.258 e. The van der Waals surface area contributed by atoms with Crippen molar-refractivity contribution in [3.05, 3.63) is 64.7 Å². The minimum atomic E-state index is -0.869. The molecule has 1 saturated heterocycles. The number of carbonyl (C=O) groups is 5. The molecule has 0 aliphatic carbocycles. The number of piperidine rings is 1. The number of hydrogen-bond donors (Lipinski definition) is 3. The predicted octanol–water partition coefficient (Wildman–Crippen LogP) is 2.97. The quantitative estimate of drug-likeness (QED) is 0.327. The molecule has 2 aromatic rings. The lowest BCUT2D eigenvalue weighted by atomic mass is 10.0. The molecule has 0 aromatic heterocycles. The molecule has 1 aliphatic heterocycles. The average molecular weight is 541 g/mol. The van der Waals surface area contributed by atoms with Crippen molar-refractivity contribution in [2.45, 2.75) is 66.1 Å². The van der Waals surface area contributed by atoms with Crippen LogP contribution in [0, 0.1) is 0 Å². The molecule has 4 amide bonds. The van der Waals surface area contributed by atoms with E-state index in [9.17, 15) is 24.0 Å². The normalized spacial score (nSPS) is 13.9. The predicted molar refractivity (Wildman–Crippen MR) is 149 cm³/mol. The number of carbonyl (C=O) groups excluding carboxylic acids is 5. The summed E-state index contributed by atoms with van der Waals surface area (Å²) >= 11 is 0. The average Bonchev–Trinajstić information content (AvgIpc) is 2.95. The highest BCUT2D eigenvalue weighted by Gasteiger charge is 2.34. The van der Waals surface area contributed by atoms with Gasteiger partial charge in [0.25, 0.3) is 11.8 Å². The minimum absolute atomic E-state index is 0.0381. The van der Waals surface area contributed by atoms with Crippen LogP contribution in [-0.4, -0.2) is 54.5 Å². The summed E-state index contributed by atoms with van der Waals surface area (Å²) in [7, 11) is 1.41. The fraction of sp³-hybridized carbons (Fsp3) is 0.414. The van der Waals surface area contributed by atoms with Crippen LogP contribution in [0.1, 0.15) is 78.8 Å². The van der Waals surface area contributed by atoms with Crippen molar-refractivity contribution in [2.75, 3.05) is 13.7 Å². The van der Waals surface area contributed by atoms with Crippen molar-refractivity contribution < 1.29 is 28.7 Å². The Kier molecular flexibility index (Phi) is 14.8. The van der Waals surface area contributed by atoms with E-state index in [0.29, 0.717) is 12.8 Å². The lowest BCUT2D eigenvalue weighted by Crippen LogP contribution is -2.53. The van der Waals surface area contributed by atoms with E-state index in [1.165, 1.54) is 36.6 Å². The molecule has 1 unspecified atom stereocenters. The molecule has 1 heterocycles. The van der Waals surface area contributed by atoms with E-state index in [2.05, 4.69) is 24.5 Å². The van der Waals surface area contributed by atoms with Gasteiger partial charge in [0.1, 0.15) is 11.8 Å². The Morgan fingerprint density at radius 3 is 2.28 bits per heavy atom. The van der Waals surface area contributed by atoms with E-state index in [-0.39, 0.29) is 42.9 Å². The first-order chi connectivity index (χ1) is 18.7. The van der Waals surface area contributed by atoms with Crippen LogP contribution in [0.25, 0.3) is 0 Å². The molecule has 0 radical (unpaired) electrons. The fourth-order valence-electron chi connectivity index (χ4n) is 3.55. The molecule has 10 heteroatoms. The van der Waals surface area contributed by atoms with Gasteiger partial charge < -0.3 is 20.7 Å².